The number of hydrogen-bond acceptors (Lipinski definition) is 2. The first kappa shape index (κ1) is 12.6. The molecule has 1 aliphatic carbocycles. The first-order chi connectivity index (χ1) is 8.24. The molecule has 0 radical (unpaired) electrons. The van der Waals surface area contributed by atoms with Gasteiger partial charge in [0.05, 0.1) is 6.61 Å². The monoisotopic (exact) mass is 233 g/mol. The fourth-order valence-corrected chi connectivity index (χ4v) is 2.26. The molecule has 1 fully saturated rings. The van der Waals surface area contributed by atoms with Crippen molar-refractivity contribution >= 4 is 0 Å². The minimum absolute atomic E-state index is 0.531. The van der Waals surface area contributed by atoms with Gasteiger partial charge in [-0.15, -0.1) is 0 Å². The van der Waals surface area contributed by atoms with Crippen molar-refractivity contribution in [1.82, 2.24) is 5.32 Å². The zero-order valence-corrected chi connectivity index (χ0v) is 11.0. The summed E-state index contributed by atoms with van der Waals surface area (Å²) in [4.78, 5) is 0. The Balaban J connectivity index is 1.79. The summed E-state index contributed by atoms with van der Waals surface area (Å²) in [5, 5.41) is 3.50. The molecule has 1 N–H and O–H groups in total. The van der Waals surface area contributed by atoms with E-state index in [1.165, 1.54) is 30.4 Å². The van der Waals surface area contributed by atoms with Crippen molar-refractivity contribution in [2.24, 2.45) is 5.41 Å². The lowest BCUT2D eigenvalue weighted by Crippen LogP contribution is -2.28. The molecule has 0 amide bonds. The highest BCUT2D eigenvalue weighted by molar-refractivity contribution is 5.23. The summed E-state index contributed by atoms with van der Waals surface area (Å²) in [6.07, 6.45) is 3.94. The number of benzene rings is 1. The number of aryl methyl sites for hydroxylation is 1. The van der Waals surface area contributed by atoms with E-state index in [1.807, 2.05) is 0 Å². The second kappa shape index (κ2) is 5.65. The molecule has 1 aromatic carbocycles. The average molecular weight is 233 g/mol. The van der Waals surface area contributed by atoms with Crippen LogP contribution in [-0.4, -0.2) is 26.8 Å². The fraction of sp³-hybridized carbons (Fsp3) is 0.600. The van der Waals surface area contributed by atoms with E-state index in [0.717, 1.165) is 19.7 Å². The molecule has 0 aromatic heterocycles. The van der Waals surface area contributed by atoms with Crippen molar-refractivity contribution in [3.05, 3.63) is 35.4 Å². The topological polar surface area (TPSA) is 21.3 Å². The molecule has 1 saturated carbocycles. The average Bonchev–Trinajstić information content (AvgIpc) is 3.08. The molecule has 2 nitrogen and oxygen atoms in total. The molecule has 2 heteroatoms. The minimum Gasteiger partial charge on any atom is -0.383 e. The van der Waals surface area contributed by atoms with Crippen LogP contribution < -0.4 is 5.32 Å². The van der Waals surface area contributed by atoms with Crippen LogP contribution in [0.3, 0.4) is 0 Å². The van der Waals surface area contributed by atoms with E-state index in [9.17, 15) is 0 Å². The SMILES string of the molecule is COCCNCC1(Cc2ccc(C)cc2)CC1. The second-order valence-electron chi connectivity index (χ2n) is 5.33. The lowest BCUT2D eigenvalue weighted by molar-refractivity contribution is 0.197. The normalized spacial score (nSPS) is 17.1. The summed E-state index contributed by atoms with van der Waals surface area (Å²) < 4.78 is 5.05. The summed E-state index contributed by atoms with van der Waals surface area (Å²) in [5.74, 6) is 0. The third kappa shape index (κ3) is 3.83. The molecule has 2 rings (SSSR count). The van der Waals surface area contributed by atoms with Gasteiger partial charge in [0.1, 0.15) is 0 Å². The maximum Gasteiger partial charge on any atom is 0.0587 e. The molecule has 0 bridgehead atoms. The van der Waals surface area contributed by atoms with E-state index in [4.69, 9.17) is 4.74 Å². The van der Waals surface area contributed by atoms with Crippen LogP contribution in [0.1, 0.15) is 24.0 Å². The highest BCUT2D eigenvalue weighted by Gasteiger charge is 2.41. The number of rotatable bonds is 7. The Bertz CT molecular complexity index is 340. The Morgan fingerprint density at radius 3 is 2.53 bits per heavy atom. The predicted molar refractivity (Wildman–Crippen MR) is 71.3 cm³/mol. The van der Waals surface area contributed by atoms with Crippen molar-refractivity contribution < 1.29 is 4.74 Å². The molecule has 17 heavy (non-hydrogen) atoms. The predicted octanol–water partition coefficient (Wildman–Crippen LogP) is 2.55. The van der Waals surface area contributed by atoms with E-state index in [-0.39, 0.29) is 0 Å². The molecular weight excluding hydrogens is 210 g/mol. The largest absolute Gasteiger partial charge is 0.383 e. The maximum atomic E-state index is 5.05. The van der Waals surface area contributed by atoms with Crippen LogP contribution in [0.25, 0.3) is 0 Å². The van der Waals surface area contributed by atoms with Gasteiger partial charge in [0.2, 0.25) is 0 Å². The van der Waals surface area contributed by atoms with E-state index < -0.39 is 0 Å². The van der Waals surface area contributed by atoms with Gasteiger partial charge < -0.3 is 10.1 Å². The Morgan fingerprint density at radius 2 is 1.94 bits per heavy atom. The molecule has 0 heterocycles. The van der Waals surface area contributed by atoms with Gasteiger partial charge >= 0.3 is 0 Å². The first-order valence-corrected chi connectivity index (χ1v) is 6.49. The lowest BCUT2D eigenvalue weighted by atomic mass is 9.96. The Kier molecular flexibility index (Phi) is 4.19. The summed E-state index contributed by atoms with van der Waals surface area (Å²) in [5.41, 5.74) is 3.35. The minimum atomic E-state index is 0.531. The number of methoxy groups -OCH3 is 1. The number of ether oxygens (including phenoxy) is 1. The van der Waals surface area contributed by atoms with Gasteiger partial charge in [0.15, 0.2) is 0 Å². The van der Waals surface area contributed by atoms with Crippen molar-refractivity contribution in [1.29, 1.82) is 0 Å². The fourth-order valence-electron chi connectivity index (χ4n) is 2.26. The van der Waals surface area contributed by atoms with Crippen LogP contribution >= 0.6 is 0 Å². The van der Waals surface area contributed by atoms with Crippen LogP contribution in [0.4, 0.5) is 0 Å². The van der Waals surface area contributed by atoms with Crippen LogP contribution in [-0.2, 0) is 11.2 Å². The molecule has 0 atom stereocenters. The number of hydrogen-bond donors (Lipinski definition) is 1. The van der Waals surface area contributed by atoms with E-state index >= 15 is 0 Å². The van der Waals surface area contributed by atoms with Crippen molar-refractivity contribution in [2.75, 3.05) is 26.8 Å². The summed E-state index contributed by atoms with van der Waals surface area (Å²) in [6.45, 7) is 5.04. The maximum absolute atomic E-state index is 5.05. The molecule has 1 aliphatic rings. The third-order valence-corrected chi connectivity index (χ3v) is 3.64. The Hall–Kier alpha value is -0.860. The van der Waals surface area contributed by atoms with E-state index in [2.05, 4.69) is 36.5 Å². The van der Waals surface area contributed by atoms with Crippen LogP contribution in [0.2, 0.25) is 0 Å². The van der Waals surface area contributed by atoms with Gasteiger partial charge in [-0.25, -0.2) is 0 Å². The van der Waals surface area contributed by atoms with Gasteiger partial charge in [-0.2, -0.15) is 0 Å². The molecule has 0 unspecified atom stereocenters. The zero-order valence-electron chi connectivity index (χ0n) is 11.0. The van der Waals surface area contributed by atoms with E-state index in [0.29, 0.717) is 5.41 Å². The Labute approximate surface area is 104 Å². The van der Waals surface area contributed by atoms with Crippen LogP contribution in [0.15, 0.2) is 24.3 Å². The van der Waals surface area contributed by atoms with Gasteiger partial charge in [-0.3, -0.25) is 0 Å². The third-order valence-electron chi connectivity index (χ3n) is 3.64. The molecule has 0 saturated heterocycles. The van der Waals surface area contributed by atoms with Gasteiger partial charge in [-0.1, -0.05) is 29.8 Å². The molecule has 0 spiro atoms. The molecule has 1 aromatic rings. The van der Waals surface area contributed by atoms with Crippen molar-refractivity contribution in [2.45, 2.75) is 26.2 Å². The summed E-state index contributed by atoms with van der Waals surface area (Å²) in [7, 11) is 1.75. The molecule has 94 valence electrons. The van der Waals surface area contributed by atoms with Crippen molar-refractivity contribution in [3.8, 4) is 0 Å². The highest BCUT2D eigenvalue weighted by atomic mass is 16.5. The lowest BCUT2D eigenvalue weighted by Gasteiger charge is -2.16. The first-order valence-electron chi connectivity index (χ1n) is 6.49. The quantitative estimate of drug-likeness (QED) is 0.731. The van der Waals surface area contributed by atoms with E-state index in [1.54, 1.807) is 7.11 Å². The zero-order chi connectivity index (χ0) is 12.1. The van der Waals surface area contributed by atoms with Crippen LogP contribution in [0.5, 0.6) is 0 Å². The van der Waals surface area contributed by atoms with Crippen LogP contribution in [0, 0.1) is 12.3 Å². The number of nitrogens with one attached hydrogen (secondary N) is 1. The summed E-state index contributed by atoms with van der Waals surface area (Å²) >= 11 is 0. The van der Waals surface area contributed by atoms with Gasteiger partial charge in [0, 0.05) is 20.2 Å². The summed E-state index contributed by atoms with van der Waals surface area (Å²) in [6, 6.07) is 8.96. The standard InChI is InChI=1S/C15H23NO/c1-13-3-5-14(6-4-13)11-15(7-8-15)12-16-9-10-17-2/h3-6,16H,7-12H2,1-2H3. The Morgan fingerprint density at radius 1 is 1.24 bits per heavy atom. The highest BCUT2D eigenvalue weighted by Crippen LogP contribution is 2.47. The second-order valence-corrected chi connectivity index (χ2v) is 5.33. The molecule has 0 aliphatic heterocycles. The van der Waals surface area contributed by atoms with Gasteiger partial charge in [-0.05, 0) is 37.2 Å². The molecular formula is C15H23NO. The van der Waals surface area contributed by atoms with Crippen molar-refractivity contribution in [3.63, 3.8) is 0 Å². The smallest absolute Gasteiger partial charge is 0.0587 e. The van der Waals surface area contributed by atoms with Gasteiger partial charge in [0.25, 0.3) is 0 Å².